The van der Waals surface area contributed by atoms with Crippen LogP contribution in [-0.4, -0.2) is 18.5 Å². The zero-order valence-corrected chi connectivity index (χ0v) is 9.77. The van der Waals surface area contributed by atoms with E-state index in [-0.39, 0.29) is 0 Å². The Balaban J connectivity index is 4.38. The molecule has 0 N–H and O–H groups in total. The fraction of sp³-hybridized carbons (Fsp3) is 0.636. The smallest absolute Gasteiger partial charge is 0.0742 e. The summed E-state index contributed by atoms with van der Waals surface area (Å²) < 4.78 is 0. The van der Waals surface area contributed by atoms with Gasteiger partial charge in [0.05, 0.1) is 24.3 Å². The van der Waals surface area contributed by atoms with Gasteiger partial charge in [0.15, 0.2) is 0 Å². The number of allylic oxidation sites excluding steroid dienone is 2. The van der Waals surface area contributed by atoms with E-state index in [0.29, 0.717) is 0 Å². The van der Waals surface area contributed by atoms with Crippen LogP contribution in [-0.2, 0) is 0 Å². The Kier molecular flexibility index (Phi) is 5.50. The highest BCUT2D eigenvalue weighted by Crippen LogP contribution is 2.61. The zero-order chi connectivity index (χ0) is 9.61. The zero-order valence-electron chi connectivity index (χ0n) is 8.88. The van der Waals surface area contributed by atoms with Gasteiger partial charge < -0.3 is 0 Å². The Morgan fingerprint density at radius 2 is 2.08 bits per heavy atom. The summed E-state index contributed by atoms with van der Waals surface area (Å²) in [5.41, 5.74) is 0.802. The van der Waals surface area contributed by atoms with E-state index in [4.69, 9.17) is 0 Å². The van der Waals surface area contributed by atoms with Crippen LogP contribution in [0.3, 0.4) is 0 Å². The molecular weight excluding hydrogens is 163 g/mol. The highest BCUT2D eigenvalue weighted by molar-refractivity contribution is 7.78. The predicted octanol–water partition coefficient (Wildman–Crippen LogP) is 4.15. The van der Waals surface area contributed by atoms with Gasteiger partial charge in [-0.25, -0.2) is 0 Å². The molecule has 12 heavy (non-hydrogen) atoms. The van der Waals surface area contributed by atoms with Crippen LogP contribution < -0.4 is 0 Å². The van der Waals surface area contributed by atoms with E-state index in [2.05, 4.69) is 45.9 Å². The third kappa shape index (κ3) is 3.11. The Morgan fingerprint density at radius 3 is 2.42 bits per heavy atom. The molecule has 0 aromatic rings. The largest absolute Gasteiger partial charge is 0.103 e. The fourth-order valence-corrected chi connectivity index (χ4v) is 3.83. The molecule has 0 rings (SSSR count). The maximum Gasteiger partial charge on any atom is 0.0742 e. The van der Waals surface area contributed by atoms with Crippen LogP contribution in [0.4, 0.5) is 0 Å². The van der Waals surface area contributed by atoms with Crippen molar-refractivity contribution in [1.82, 2.24) is 0 Å². The molecule has 0 fully saturated rings. The van der Waals surface area contributed by atoms with Gasteiger partial charge in [0.2, 0.25) is 0 Å². The summed E-state index contributed by atoms with van der Waals surface area (Å²) in [6.07, 6.45) is 6.72. The molecule has 0 saturated carbocycles. The minimum absolute atomic E-state index is 0.802. The van der Waals surface area contributed by atoms with Crippen molar-refractivity contribution in [2.24, 2.45) is 0 Å². The van der Waals surface area contributed by atoms with Crippen molar-refractivity contribution in [3.8, 4) is 0 Å². The second-order valence-corrected chi connectivity index (χ2v) is 8.02. The highest BCUT2D eigenvalue weighted by atomic mass is 31.2. The first-order valence-electron chi connectivity index (χ1n) is 4.70. The molecule has 0 spiro atoms. The lowest BCUT2D eigenvalue weighted by molar-refractivity contribution is 0.955. The first-order chi connectivity index (χ1) is 5.60. The summed E-state index contributed by atoms with van der Waals surface area (Å²) in [6.45, 7) is 13.0. The van der Waals surface area contributed by atoms with Gasteiger partial charge in [-0.05, 0) is 20.8 Å². The predicted molar refractivity (Wildman–Crippen MR) is 62.5 cm³/mol. The van der Waals surface area contributed by atoms with E-state index in [1.807, 2.05) is 6.08 Å². The average molecular weight is 185 g/mol. The lowest BCUT2D eigenvalue weighted by Crippen LogP contribution is -2.08. The first-order valence-corrected chi connectivity index (χ1v) is 7.26. The van der Waals surface area contributed by atoms with Gasteiger partial charge in [0, 0.05) is 13.7 Å². The SMILES string of the molecule is C=CCC(C)[P+](C)(/C=C\C)CC. The first kappa shape index (κ1) is 11.9. The summed E-state index contributed by atoms with van der Waals surface area (Å²) in [4.78, 5) is 0. The van der Waals surface area contributed by atoms with Gasteiger partial charge in [0.1, 0.15) is 0 Å². The van der Waals surface area contributed by atoms with Crippen LogP contribution in [0.25, 0.3) is 0 Å². The molecule has 0 aliphatic rings. The topological polar surface area (TPSA) is 0 Å². The van der Waals surface area contributed by atoms with Crippen LogP contribution in [0.5, 0.6) is 0 Å². The summed E-state index contributed by atoms with van der Waals surface area (Å²) in [5, 5.41) is 0. The Hall–Kier alpha value is -0.0900. The van der Waals surface area contributed by atoms with E-state index in [9.17, 15) is 0 Å². The van der Waals surface area contributed by atoms with Crippen LogP contribution in [0.2, 0.25) is 0 Å². The quantitative estimate of drug-likeness (QED) is 0.446. The summed E-state index contributed by atoms with van der Waals surface area (Å²) >= 11 is 0. The molecule has 2 atom stereocenters. The van der Waals surface area contributed by atoms with Crippen molar-refractivity contribution in [1.29, 1.82) is 0 Å². The van der Waals surface area contributed by atoms with E-state index < -0.39 is 7.26 Å². The molecule has 0 aromatic heterocycles. The molecule has 0 saturated heterocycles. The molecule has 0 heterocycles. The standard InChI is InChI=1S/C11H22P/c1-6-9-11(4)12(5,8-3)10-7-2/h6-7,10-11H,1,8-9H2,2-5H3/q+1/b10-7-. The van der Waals surface area contributed by atoms with Crippen molar-refractivity contribution >= 4 is 7.26 Å². The van der Waals surface area contributed by atoms with Crippen LogP contribution in [0, 0.1) is 0 Å². The molecule has 70 valence electrons. The summed E-state index contributed by atoms with van der Waals surface area (Å²) in [5.74, 6) is 2.43. The third-order valence-electron chi connectivity index (χ3n) is 2.69. The molecule has 0 bridgehead atoms. The summed E-state index contributed by atoms with van der Waals surface area (Å²) in [7, 11) is -0.810. The van der Waals surface area contributed by atoms with Crippen molar-refractivity contribution < 1.29 is 0 Å². The lowest BCUT2D eigenvalue weighted by atomic mass is 10.3. The van der Waals surface area contributed by atoms with E-state index in [1.165, 1.54) is 6.16 Å². The molecule has 0 aliphatic heterocycles. The minimum Gasteiger partial charge on any atom is -0.103 e. The monoisotopic (exact) mass is 185 g/mol. The second kappa shape index (κ2) is 5.54. The molecule has 0 aliphatic carbocycles. The number of hydrogen-bond acceptors (Lipinski definition) is 0. The summed E-state index contributed by atoms with van der Waals surface area (Å²) in [6, 6.07) is 0. The van der Waals surface area contributed by atoms with Crippen molar-refractivity contribution in [3.63, 3.8) is 0 Å². The molecular formula is C11H22P+. The Bertz CT molecular complexity index is 160. The normalized spacial score (nSPS) is 19.0. The molecule has 0 amide bonds. The highest BCUT2D eigenvalue weighted by Gasteiger charge is 2.32. The van der Waals surface area contributed by atoms with E-state index >= 15 is 0 Å². The average Bonchev–Trinajstić information content (AvgIpc) is 2.05. The molecule has 0 nitrogen and oxygen atoms in total. The van der Waals surface area contributed by atoms with Crippen molar-refractivity contribution in [3.05, 3.63) is 24.5 Å². The minimum atomic E-state index is -0.810. The van der Waals surface area contributed by atoms with Gasteiger partial charge >= 0.3 is 0 Å². The van der Waals surface area contributed by atoms with Gasteiger partial charge in [-0.15, -0.1) is 6.58 Å². The van der Waals surface area contributed by atoms with Crippen LogP contribution in [0.1, 0.15) is 27.2 Å². The van der Waals surface area contributed by atoms with E-state index in [1.54, 1.807) is 0 Å². The molecule has 2 unspecified atom stereocenters. The Morgan fingerprint density at radius 1 is 1.50 bits per heavy atom. The molecule has 0 radical (unpaired) electrons. The third-order valence-corrected chi connectivity index (χ3v) is 7.25. The maximum atomic E-state index is 3.80. The molecule has 0 aromatic carbocycles. The number of hydrogen-bond donors (Lipinski definition) is 0. The number of rotatable bonds is 5. The van der Waals surface area contributed by atoms with Gasteiger partial charge in [0.25, 0.3) is 0 Å². The van der Waals surface area contributed by atoms with Gasteiger partial charge in [-0.3, -0.25) is 0 Å². The Labute approximate surface area is 78.1 Å². The fourth-order valence-electron chi connectivity index (χ4n) is 1.39. The second-order valence-electron chi connectivity index (χ2n) is 3.52. The lowest BCUT2D eigenvalue weighted by Gasteiger charge is -2.23. The van der Waals surface area contributed by atoms with Crippen LogP contribution >= 0.6 is 7.26 Å². The van der Waals surface area contributed by atoms with Gasteiger partial charge in [-0.2, -0.15) is 0 Å². The van der Waals surface area contributed by atoms with E-state index in [0.717, 1.165) is 12.1 Å². The van der Waals surface area contributed by atoms with Gasteiger partial charge in [-0.1, -0.05) is 12.2 Å². The van der Waals surface area contributed by atoms with Crippen LogP contribution in [0.15, 0.2) is 24.5 Å². The van der Waals surface area contributed by atoms with Crippen molar-refractivity contribution in [2.75, 3.05) is 12.8 Å². The maximum absolute atomic E-state index is 3.80. The van der Waals surface area contributed by atoms with Crippen molar-refractivity contribution in [2.45, 2.75) is 32.9 Å². The molecule has 1 heteroatoms.